The normalized spacial score (nSPS) is 17.1. The van der Waals surface area contributed by atoms with Crippen LogP contribution in [0.5, 0.6) is 0 Å². The molecular weight excluding hydrogens is 368 g/mol. The Bertz CT molecular complexity index is 780. The third-order valence-electron chi connectivity index (χ3n) is 4.75. The molecule has 7 nitrogen and oxygen atoms in total. The first kappa shape index (κ1) is 19.6. The molecule has 3 rings (SSSR count). The highest BCUT2D eigenvalue weighted by Gasteiger charge is 2.25. The summed E-state index contributed by atoms with van der Waals surface area (Å²) in [6, 6.07) is 5.62. The number of rotatable bonds is 7. The number of halogens is 1. The van der Waals surface area contributed by atoms with E-state index in [2.05, 4.69) is 22.4 Å². The Hall–Kier alpha value is -2.12. The lowest BCUT2D eigenvalue weighted by Crippen LogP contribution is -2.42. The number of methoxy groups -OCH3 is 1. The second-order valence-electron chi connectivity index (χ2n) is 6.74. The number of nitrogens with zero attached hydrogens (tertiary/aromatic N) is 3. The standard InChI is InChI=1S/C19H25ClN4O3/c1-13-5-3-4-9-24(13)19(25)15-7-6-14(11-16(15)20)21-12-18-22-17(23-27-18)8-10-26-2/h6-7,11,13,21H,3-5,8-10,12H2,1-2H3. The highest BCUT2D eigenvalue weighted by Crippen LogP contribution is 2.26. The topological polar surface area (TPSA) is 80.5 Å². The van der Waals surface area contributed by atoms with E-state index in [4.69, 9.17) is 20.9 Å². The number of hydrogen-bond acceptors (Lipinski definition) is 6. The van der Waals surface area contributed by atoms with E-state index in [1.54, 1.807) is 19.2 Å². The maximum absolute atomic E-state index is 12.8. The largest absolute Gasteiger partial charge is 0.384 e. The SMILES string of the molecule is COCCc1noc(CNc2ccc(C(=O)N3CCCCC3C)c(Cl)c2)n1. The van der Waals surface area contributed by atoms with Gasteiger partial charge in [-0.25, -0.2) is 0 Å². The second kappa shape index (κ2) is 9.19. The Morgan fingerprint density at radius 2 is 2.30 bits per heavy atom. The average Bonchev–Trinajstić information content (AvgIpc) is 3.12. The van der Waals surface area contributed by atoms with E-state index in [1.165, 1.54) is 6.42 Å². The lowest BCUT2D eigenvalue weighted by atomic mass is 10.0. The summed E-state index contributed by atoms with van der Waals surface area (Å²) in [6.07, 6.45) is 3.87. The molecule has 1 aromatic heterocycles. The van der Waals surface area contributed by atoms with Gasteiger partial charge in [0.15, 0.2) is 5.82 Å². The van der Waals surface area contributed by atoms with Crippen LogP contribution >= 0.6 is 11.6 Å². The van der Waals surface area contributed by atoms with Crippen LogP contribution in [0.4, 0.5) is 5.69 Å². The van der Waals surface area contributed by atoms with Gasteiger partial charge in [-0.15, -0.1) is 0 Å². The van der Waals surface area contributed by atoms with Crippen LogP contribution in [0.2, 0.25) is 5.02 Å². The van der Waals surface area contributed by atoms with Gasteiger partial charge in [0.2, 0.25) is 5.89 Å². The maximum atomic E-state index is 12.8. The fourth-order valence-electron chi connectivity index (χ4n) is 3.19. The molecule has 146 valence electrons. The number of amides is 1. The van der Waals surface area contributed by atoms with Gasteiger partial charge in [-0.1, -0.05) is 16.8 Å². The molecule has 1 N–H and O–H groups in total. The average molecular weight is 393 g/mol. The van der Waals surface area contributed by atoms with Gasteiger partial charge in [-0.3, -0.25) is 4.79 Å². The van der Waals surface area contributed by atoms with Gasteiger partial charge in [0.05, 0.1) is 23.7 Å². The Labute approximate surface area is 164 Å². The van der Waals surface area contributed by atoms with Crippen LogP contribution in [0.25, 0.3) is 0 Å². The Kier molecular flexibility index (Phi) is 6.68. The predicted molar refractivity (Wildman–Crippen MR) is 103 cm³/mol. The number of anilines is 1. The lowest BCUT2D eigenvalue weighted by molar-refractivity contribution is 0.0636. The zero-order valence-corrected chi connectivity index (χ0v) is 16.5. The van der Waals surface area contributed by atoms with Crippen LogP contribution in [-0.4, -0.2) is 47.3 Å². The van der Waals surface area contributed by atoms with Crippen molar-refractivity contribution in [3.05, 3.63) is 40.5 Å². The number of piperidine rings is 1. The minimum absolute atomic E-state index is 0.00145. The fourth-order valence-corrected chi connectivity index (χ4v) is 3.45. The Balaban J connectivity index is 1.61. The van der Waals surface area contributed by atoms with Gasteiger partial charge in [-0.05, 0) is 44.4 Å². The van der Waals surface area contributed by atoms with Crippen LogP contribution in [-0.2, 0) is 17.7 Å². The van der Waals surface area contributed by atoms with Crippen LogP contribution in [0, 0.1) is 0 Å². The number of ether oxygens (including phenoxy) is 1. The van der Waals surface area contributed by atoms with Crippen molar-refractivity contribution in [1.29, 1.82) is 0 Å². The zero-order valence-electron chi connectivity index (χ0n) is 15.7. The minimum Gasteiger partial charge on any atom is -0.384 e. The first-order chi connectivity index (χ1) is 13.1. The molecule has 0 aliphatic carbocycles. The molecule has 1 atom stereocenters. The van der Waals surface area contributed by atoms with Crippen molar-refractivity contribution in [1.82, 2.24) is 15.0 Å². The molecule has 1 aromatic carbocycles. The van der Waals surface area contributed by atoms with Gasteiger partial charge in [-0.2, -0.15) is 4.98 Å². The number of hydrogen-bond donors (Lipinski definition) is 1. The zero-order chi connectivity index (χ0) is 19.2. The molecule has 1 saturated heterocycles. The monoisotopic (exact) mass is 392 g/mol. The molecule has 1 unspecified atom stereocenters. The third-order valence-corrected chi connectivity index (χ3v) is 5.06. The molecule has 27 heavy (non-hydrogen) atoms. The highest BCUT2D eigenvalue weighted by atomic mass is 35.5. The van der Waals surface area contributed by atoms with Gasteiger partial charge in [0.1, 0.15) is 0 Å². The molecule has 2 heterocycles. The van der Waals surface area contributed by atoms with Gasteiger partial charge >= 0.3 is 0 Å². The van der Waals surface area contributed by atoms with E-state index in [-0.39, 0.29) is 11.9 Å². The number of nitrogens with one attached hydrogen (secondary N) is 1. The van der Waals surface area contributed by atoms with Crippen molar-refractivity contribution < 1.29 is 14.1 Å². The van der Waals surface area contributed by atoms with Crippen molar-refractivity contribution in [2.24, 2.45) is 0 Å². The summed E-state index contributed by atoms with van der Waals surface area (Å²) < 4.78 is 10.2. The summed E-state index contributed by atoms with van der Waals surface area (Å²) in [5.41, 5.74) is 1.33. The molecule has 1 fully saturated rings. The van der Waals surface area contributed by atoms with E-state index in [1.807, 2.05) is 11.0 Å². The van der Waals surface area contributed by atoms with Crippen LogP contribution in [0.3, 0.4) is 0 Å². The molecule has 1 aliphatic rings. The first-order valence-electron chi connectivity index (χ1n) is 9.23. The van der Waals surface area contributed by atoms with Crippen LogP contribution < -0.4 is 5.32 Å². The molecule has 0 radical (unpaired) electrons. The van der Waals surface area contributed by atoms with Crippen molar-refractivity contribution in [3.63, 3.8) is 0 Å². The van der Waals surface area contributed by atoms with E-state index < -0.39 is 0 Å². The minimum atomic E-state index is -0.00145. The van der Waals surface area contributed by atoms with Crippen LogP contribution in [0.1, 0.15) is 48.3 Å². The first-order valence-corrected chi connectivity index (χ1v) is 9.61. The lowest BCUT2D eigenvalue weighted by Gasteiger charge is -2.33. The summed E-state index contributed by atoms with van der Waals surface area (Å²) >= 11 is 6.38. The summed E-state index contributed by atoms with van der Waals surface area (Å²) in [6.45, 7) is 3.81. The molecule has 1 amide bonds. The number of carbonyl (C=O) groups excluding carboxylic acids is 1. The molecule has 0 saturated carbocycles. The van der Waals surface area contributed by atoms with Gasteiger partial charge < -0.3 is 19.5 Å². The predicted octanol–water partition coefficient (Wildman–Crippen LogP) is 3.54. The van der Waals surface area contributed by atoms with E-state index in [0.29, 0.717) is 41.9 Å². The van der Waals surface area contributed by atoms with Crippen LogP contribution in [0.15, 0.2) is 22.7 Å². The van der Waals surface area contributed by atoms with Gasteiger partial charge in [0.25, 0.3) is 5.91 Å². The smallest absolute Gasteiger partial charge is 0.255 e. The van der Waals surface area contributed by atoms with E-state index in [9.17, 15) is 4.79 Å². The second-order valence-corrected chi connectivity index (χ2v) is 7.15. The molecule has 0 spiro atoms. The summed E-state index contributed by atoms with van der Waals surface area (Å²) in [4.78, 5) is 19.0. The highest BCUT2D eigenvalue weighted by molar-refractivity contribution is 6.34. The van der Waals surface area contributed by atoms with E-state index in [0.717, 1.165) is 25.1 Å². The molecule has 2 aromatic rings. The molecule has 0 bridgehead atoms. The number of carbonyl (C=O) groups is 1. The number of aromatic nitrogens is 2. The van der Waals surface area contributed by atoms with Crippen molar-refractivity contribution in [2.75, 3.05) is 25.6 Å². The number of likely N-dealkylation sites (tertiary alicyclic amines) is 1. The Morgan fingerprint density at radius 1 is 1.44 bits per heavy atom. The van der Waals surface area contributed by atoms with E-state index >= 15 is 0 Å². The van der Waals surface area contributed by atoms with Crippen molar-refractivity contribution >= 4 is 23.2 Å². The van der Waals surface area contributed by atoms with Gasteiger partial charge in [0, 0.05) is 31.8 Å². The third kappa shape index (κ3) is 4.99. The number of benzene rings is 1. The summed E-state index contributed by atoms with van der Waals surface area (Å²) in [5.74, 6) is 1.10. The summed E-state index contributed by atoms with van der Waals surface area (Å²) in [5, 5.41) is 7.53. The summed E-state index contributed by atoms with van der Waals surface area (Å²) in [7, 11) is 1.63. The molecule has 1 aliphatic heterocycles. The Morgan fingerprint density at radius 3 is 3.04 bits per heavy atom. The van der Waals surface area contributed by atoms with Crippen molar-refractivity contribution in [3.8, 4) is 0 Å². The maximum Gasteiger partial charge on any atom is 0.255 e. The molecule has 8 heteroatoms. The fraction of sp³-hybridized carbons (Fsp3) is 0.526. The quantitative estimate of drug-likeness (QED) is 0.776. The van der Waals surface area contributed by atoms with Crippen molar-refractivity contribution in [2.45, 2.75) is 45.2 Å². The molecular formula is C19H25ClN4O3.